The van der Waals surface area contributed by atoms with Crippen LogP contribution in [-0.2, 0) is 11.9 Å². The van der Waals surface area contributed by atoms with Crippen LogP contribution in [0.25, 0.3) is 0 Å². The Labute approximate surface area is 146 Å². The van der Waals surface area contributed by atoms with Gasteiger partial charge in [-0.25, -0.2) is 9.87 Å². The highest BCUT2D eigenvalue weighted by molar-refractivity contribution is 6.00. The normalized spacial score (nSPS) is 9.88. The van der Waals surface area contributed by atoms with E-state index in [1.165, 1.54) is 31.0 Å². The SMILES string of the molecule is CC.CONC(=O)c1cn(C)c(=O)c(C)c1Nc1ccc(C)cc1F. The maximum absolute atomic E-state index is 14.1. The lowest BCUT2D eigenvalue weighted by molar-refractivity contribution is 0.0537. The van der Waals surface area contributed by atoms with Crippen LogP contribution >= 0.6 is 0 Å². The van der Waals surface area contributed by atoms with Crippen LogP contribution in [0, 0.1) is 19.7 Å². The molecule has 136 valence electrons. The van der Waals surface area contributed by atoms with Crippen molar-refractivity contribution in [2.45, 2.75) is 27.7 Å². The zero-order valence-electron chi connectivity index (χ0n) is 15.4. The van der Waals surface area contributed by atoms with Crippen molar-refractivity contribution in [2.24, 2.45) is 7.05 Å². The number of halogens is 1. The van der Waals surface area contributed by atoms with Crippen molar-refractivity contribution < 1.29 is 14.0 Å². The molecule has 0 saturated heterocycles. The number of amides is 1. The van der Waals surface area contributed by atoms with Gasteiger partial charge in [0.05, 0.1) is 24.0 Å². The smallest absolute Gasteiger partial charge is 0.278 e. The summed E-state index contributed by atoms with van der Waals surface area (Å²) in [6.45, 7) is 7.34. The van der Waals surface area contributed by atoms with Crippen LogP contribution in [0.4, 0.5) is 15.8 Å². The van der Waals surface area contributed by atoms with Crippen LogP contribution in [0.2, 0.25) is 0 Å². The Morgan fingerprint density at radius 2 is 1.88 bits per heavy atom. The molecule has 0 unspecified atom stereocenters. The van der Waals surface area contributed by atoms with Gasteiger partial charge in [-0.05, 0) is 31.5 Å². The van der Waals surface area contributed by atoms with E-state index in [9.17, 15) is 14.0 Å². The second kappa shape index (κ2) is 8.98. The number of carbonyl (C=O) groups is 1. The van der Waals surface area contributed by atoms with Crippen LogP contribution in [-0.4, -0.2) is 17.6 Å². The first-order valence-electron chi connectivity index (χ1n) is 7.92. The van der Waals surface area contributed by atoms with Gasteiger partial charge in [-0.1, -0.05) is 19.9 Å². The van der Waals surface area contributed by atoms with Gasteiger partial charge in [-0.2, -0.15) is 0 Å². The predicted octanol–water partition coefficient (Wildman–Crippen LogP) is 3.20. The van der Waals surface area contributed by atoms with Gasteiger partial charge in [-0.3, -0.25) is 14.4 Å². The molecule has 1 amide bonds. The molecule has 0 atom stereocenters. The Kier molecular flexibility index (Phi) is 7.32. The summed E-state index contributed by atoms with van der Waals surface area (Å²) >= 11 is 0. The molecule has 1 aromatic carbocycles. The van der Waals surface area contributed by atoms with Gasteiger partial charge in [0.2, 0.25) is 0 Å². The summed E-state index contributed by atoms with van der Waals surface area (Å²) in [4.78, 5) is 28.9. The monoisotopic (exact) mass is 349 g/mol. The van der Waals surface area contributed by atoms with E-state index in [-0.39, 0.29) is 22.5 Å². The maximum Gasteiger partial charge on any atom is 0.278 e. The van der Waals surface area contributed by atoms with Gasteiger partial charge in [-0.15, -0.1) is 0 Å². The van der Waals surface area contributed by atoms with E-state index in [1.54, 1.807) is 26.0 Å². The fraction of sp³-hybridized carbons (Fsp3) is 0.333. The minimum Gasteiger partial charge on any atom is -0.352 e. The number of pyridine rings is 1. The number of benzene rings is 1. The molecule has 0 aliphatic carbocycles. The molecule has 0 bridgehead atoms. The third-order valence-corrected chi connectivity index (χ3v) is 3.43. The van der Waals surface area contributed by atoms with Crippen LogP contribution in [0.3, 0.4) is 0 Å². The molecule has 6 nitrogen and oxygen atoms in total. The fourth-order valence-corrected chi connectivity index (χ4v) is 2.23. The molecule has 2 N–H and O–H groups in total. The van der Waals surface area contributed by atoms with E-state index in [1.807, 2.05) is 13.8 Å². The molecule has 25 heavy (non-hydrogen) atoms. The van der Waals surface area contributed by atoms with Crippen molar-refractivity contribution in [1.29, 1.82) is 0 Å². The third-order valence-electron chi connectivity index (χ3n) is 3.43. The van der Waals surface area contributed by atoms with Crippen LogP contribution in [0.1, 0.15) is 35.3 Å². The van der Waals surface area contributed by atoms with Gasteiger partial charge < -0.3 is 9.88 Å². The number of nitrogens with one attached hydrogen (secondary N) is 2. The average Bonchev–Trinajstić information content (AvgIpc) is 2.59. The Morgan fingerprint density at radius 3 is 2.44 bits per heavy atom. The summed E-state index contributed by atoms with van der Waals surface area (Å²) in [5, 5.41) is 2.84. The van der Waals surface area contributed by atoms with Crippen molar-refractivity contribution in [3.05, 3.63) is 57.3 Å². The van der Waals surface area contributed by atoms with E-state index >= 15 is 0 Å². The number of hydrogen-bond donors (Lipinski definition) is 2. The lowest BCUT2D eigenvalue weighted by atomic mass is 10.1. The van der Waals surface area contributed by atoms with Gasteiger partial charge in [0.15, 0.2) is 0 Å². The molecule has 0 saturated carbocycles. The molecule has 0 aliphatic rings. The zero-order chi connectivity index (χ0) is 19.1. The van der Waals surface area contributed by atoms with E-state index in [0.29, 0.717) is 5.56 Å². The summed E-state index contributed by atoms with van der Waals surface area (Å²) in [5.41, 5.74) is 3.58. The minimum absolute atomic E-state index is 0.173. The summed E-state index contributed by atoms with van der Waals surface area (Å²) in [6, 6.07) is 4.66. The van der Waals surface area contributed by atoms with E-state index in [4.69, 9.17) is 0 Å². The van der Waals surface area contributed by atoms with Gasteiger partial charge in [0.1, 0.15) is 5.82 Å². The lowest BCUT2D eigenvalue weighted by Gasteiger charge is -2.16. The minimum atomic E-state index is -0.541. The zero-order valence-corrected chi connectivity index (χ0v) is 15.4. The van der Waals surface area contributed by atoms with Gasteiger partial charge >= 0.3 is 0 Å². The number of hydroxylamine groups is 1. The van der Waals surface area contributed by atoms with E-state index in [2.05, 4.69) is 15.6 Å². The summed E-state index contributed by atoms with van der Waals surface area (Å²) in [6.07, 6.45) is 1.37. The molecular weight excluding hydrogens is 325 g/mol. The van der Waals surface area contributed by atoms with Crippen molar-refractivity contribution in [2.75, 3.05) is 12.4 Å². The molecule has 0 radical (unpaired) electrons. The first-order valence-corrected chi connectivity index (χ1v) is 7.92. The van der Waals surface area contributed by atoms with Crippen LogP contribution in [0.5, 0.6) is 0 Å². The molecule has 2 aromatic rings. The highest BCUT2D eigenvalue weighted by atomic mass is 19.1. The molecule has 0 aliphatic heterocycles. The largest absolute Gasteiger partial charge is 0.352 e. The third kappa shape index (κ3) is 4.67. The maximum atomic E-state index is 14.1. The molecular formula is C18H24FN3O3. The standard InChI is InChI=1S/C16H18FN3O3.C2H6/c1-9-5-6-13(12(17)7-9)18-14-10(2)16(22)20(3)8-11(14)15(21)19-23-4;1-2/h5-8,18H,1-4H3,(H,19,21);1-2H3. The van der Waals surface area contributed by atoms with Crippen LogP contribution < -0.4 is 16.4 Å². The number of nitrogens with zero attached hydrogens (tertiary/aromatic N) is 1. The molecule has 1 aromatic heterocycles. The van der Waals surface area contributed by atoms with Crippen LogP contribution in [0.15, 0.2) is 29.2 Å². The summed E-state index contributed by atoms with van der Waals surface area (Å²) in [5.74, 6) is -1.01. The topological polar surface area (TPSA) is 72.4 Å². The van der Waals surface area contributed by atoms with Crippen molar-refractivity contribution in [3.63, 3.8) is 0 Å². The number of hydrogen-bond acceptors (Lipinski definition) is 4. The van der Waals surface area contributed by atoms with Gasteiger partial charge in [0, 0.05) is 18.8 Å². The number of rotatable bonds is 4. The average molecular weight is 349 g/mol. The quantitative estimate of drug-likeness (QED) is 0.832. The number of carbonyl (C=O) groups excluding carboxylic acids is 1. The van der Waals surface area contributed by atoms with Gasteiger partial charge in [0.25, 0.3) is 11.5 Å². The summed E-state index contributed by atoms with van der Waals surface area (Å²) < 4.78 is 15.3. The highest BCUT2D eigenvalue weighted by Crippen LogP contribution is 2.25. The molecule has 2 rings (SSSR count). The first kappa shape index (κ1) is 20.4. The number of anilines is 2. The second-order valence-corrected chi connectivity index (χ2v) is 5.20. The highest BCUT2D eigenvalue weighted by Gasteiger charge is 2.18. The number of aryl methyl sites for hydroxylation is 2. The fourth-order valence-electron chi connectivity index (χ4n) is 2.23. The summed E-state index contributed by atoms with van der Waals surface area (Å²) in [7, 11) is 2.84. The molecule has 0 fully saturated rings. The van der Waals surface area contributed by atoms with Crippen molar-refractivity contribution >= 4 is 17.3 Å². The number of aromatic nitrogens is 1. The second-order valence-electron chi connectivity index (χ2n) is 5.20. The van der Waals surface area contributed by atoms with Crippen molar-refractivity contribution in [3.8, 4) is 0 Å². The Balaban J connectivity index is 0.00000151. The van der Waals surface area contributed by atoms with E-state index in [0.717, 1.165) is 5.56 Å². The molecule has 1 heterocycles. The Hall–Kier alpha value is -2.67. The van der Waals surface area contributed by atoms with Crippen molar-refractivity contribution in [1.82, 2.24) is 10.0 Å². The molecule has 0 spiro atoms. The Morgan fingerprint density at radius 1 is 1.24 bits per heavy atom. The lowest BCUT2D eigenvalue weighted by Crippen LogP contribution is -2.28. The predicted molar refractivity (Wildman–Crippen MR) is 96.7 cm³/mol. The molecule has 7 heteroatoms. The van der Waals surface area contributed by atoms with E-state index < -0.39 is 11.7 Å². The first-order chi connectivity index (χ1) is 11.8. The Bertz CT molecular complexity index is 816.